The Hall–Kier alpha value is -0.230. The van der Waals surface area contributed by atoms with Gasteiger partial charge in [0.15, 0.2) is 0 Å². The highest BCUT2D eigenvalue weighted by Gasteiger charge is 2.14. The van der Waals surface area contributed by atoms with Crippen molar-refractivity contribution >= 4 is 11.6 Å². The average Bonchev–Trinajstić information content (AvgIpc) is 2.05. The Morgan fingerprint density at radius 2 is 2.55 bits per heavy atom. The highest BCUT2D eigenvalue weighted by atomic mass is 35.5. The third-order valence-corrected chi connectivity index (χ3v) is 2.73. The number of hydrogen-bond donors (Lipinski definition) is 0. The molecule has 0 saturated carbocycles. The second-order valence-electron chi connectivity index (χ2n) is 3.31. The minimum atomic E-state index is 0.623. The molecule has 0 radical (unpaired) electrons. The summed E-state index contributed by atoms with van der Waals surface area (Å²) in [6.45, 7) is 6.15. The van der Waals surface area contributed by atoms with Gasteiger partial charge in [-0.25, -0.2) is 0 Å². The van der Waals surface area contributed by atoms with Gasteiger partial charge in [-0.15, -0.1) is 11.6 Å². The van der Waals surface area contributed by atoms with E-state index in [9.17, 15) is 0 Å². The van der Waals surface area contributed by atoms with Gasteiger partial charge in [0.2, 0.25) is 0 Å². The fourth-order valence-corrected chi connectivity index (χ4v) is 1.66. The van der Waals surface area contributed by atoms with Crippen LogP contribution in [0, 0.1) is 5.92 Å². The monoisotopic (exact) mass is 170 g/mol. The standard InChI is InChI=1S/C10H15Cl/c1-8-3-5-10(6-4-8)9(2)7-11/h3,10H,2,4-7H2,1H3/t10-/m0/s1. The summed E-state index contributed by atoms with van der Waals surface area (Å²) in [6.07, 6.45) is 5.93. The van der Waals surface area contributed by atoms with Crippen molar-refractivity contribution in [3.8, 4) is 0 Å². The number of allylic oxidation sites excluding steroid dienone is 3. The Bertz CT molecular complexity index is 179. The molecular formula is C10H15Cl. The Morgan fingerprint density at radius 3 is 3.00 bits per heavy atom. The summed E-state index contributed by atoms with van der Waals surface area (Å²) in [7, 11) is 0. The van der Waals surface area contributed by atoms with Gasteiger partial charge < -0.3 is 0 Å². The molecular weight excluding hydrogens is 156 g/mol. The van der Waals surface area contributed by atoms with Gasteiger partial charge in [0, 0.05) is 5.88 Å². The SMILES string of the molecule is C=C(CCl)[C@H]1CC=C(C)CC1. The number of halogens is 1. The Balaban J connectivity index is 2.47. The summed E-state index contributed by atoms with van der Waals surface area (Å²) in [5, 5.41) is 0. The van der Waals surface area contributed by atoms with Crippen molar-refractivity contribution in [1.29, 1.82) is 0 Å². The summed E-state index contributed by atoms with van der Waals surface area (Å²) >= 11 is 5.70. The number of rotatable bonds is 2. The van der Waals surface area contributed by atoms with Crippen LogP contribution in [-0.2, 0) is 0 Å². The number of alkyl halides is 1. The fraction of sp³-hybridized carbons (Fsp3) is 0.600. The van der Waals surface area contributed by atoms with Gasteiger partial charge >= 0.3 is 0 Å². The first-order valence-electron chi connectivity index (χ1n) is 4.13. The Labute approximate surface area is 73.9 Å². The molecule has 1 heteroatoms. The first-order valence-corrected chi connectivity index (χ1v) is 4.66. The maximum Gasteiger partial charge on any atom is 0.0433 e. The second-order valence-corrected chi connectivity index (χ2v) is 3.58. The van der Waals surface area contributed by atoms with E-state index in [4.69, 9.17) is 11.6 Å². The normalized spacial score (nSPS) is 24.5. The van der Waals surface area contributed by atoms with Crippen LogP contribution < -0.4 is 0 Å². The van der Waals surface area contributed by atoms with E-state index >= 15 is 0 Å². The van der Waals surface area contributed by atoms with Crippen LogP contribution in [0.15, 0.2) is 23.8 Å². The van der Waals surface area contributed by atoms with Crippen LogP contribution in [0.1, 0.15) is 26.2 Å². The van der Waals surface area contributed by atoms with Crippen molar-refractivity contribution < 1.29 is 0 Å². The van der Waals surface area contributed by atoms with E-state index in [2.05, 4.69) is 19.6 Å². The molecule has 1 aliphatic carbocycles. The molecule has 0 aromatic heterocycles. The van der Waals surface area contributed by atoms with Crippen LogP contribution in [0.25, 0.3) is 0 Å². The highest BCUT2D eigenvalue weighted by molar-refractivity contribution is 6.19. The fourth-order valence-electron chi connectivity index (χ4n) is 1.45. The van der Waals surface area contributed by atoms with Gasteiger partial charge in [-0.2, -0.15) is 0 Å². The number of hydrogen-bond acceptors (Lipinski definition) is 0. The van der Waals surface area contributed by atoms with Gasteiger partial charge in [0.1, 0.15) is 0 Å². The zero-order valence-corrected chi connectivity index (χ0v) is 7.82. The van der Waals surface area contributed by atoms with E-state index in [0.29, 0.717) is 11.8 Å². The largest absolute Gasteiger partial charge is 0.122 e. The lowest BCUT2D eigenvalue weighted by molar-refractivity contribution is 0.541. The topological polar surface area (TPSA) is 0 Å². The maximum absolute atomic E-state index is 5.70. The minimum absolute atomic E-state index is 0.623. The molecule has 0 saturated heterocycles. The first-order chi connectivity index (χ1) is 5.24. The van der Waals surface area contributed by atoms with Crippen LogP contribution >= 0.6 is 11.6 Å². The third-order valence-electron chi connectivity index (χ3n) is 2.39. The molecule has 0 nitrogen and oxygen atoms in total. The van der Waals surface area contributed by atoms with Crippen molar-refractivity contribution in [2.24, 2.45) is 5.92 Å². The third kappa shape index (κ3) is 2.37. The van der Waals surface area contributed by atoms with Crippen molar-refractivity contribution in [2.75, 3.05) is 5.88 Å². The van der Waals surface area contributed by atoms with Gasteiger partial charge in [0.25, 0.3) is 0 Å². The highest BCUT2D eigenvalue weighted by Crippen LogP contribution is 2.28. The molecule has 1 atom stereocenters. The predicted octanol–water partition coefficient (Wildman–Crippen LogP) is 3.53. The van der Waals surface area contributed by atoms with Crippen LogP contribution in [-0.4, -0.2) is 5.88 Å². The molecule has 0 fully saturated rings. The summed E-state index contributed by atoms with van der Waals surface area (Å²) in [5.74, 6) is 1.27. The van der Waals surface area contributed by atoms with Crippen LogP contribution in [0.5, 0.6) is 0 Å². The molecule has 0 bridgehead atoms. The van der Waals surface area contributed by atoms with Crippen molar-refractivity contribution in [3.63, 3.8) is 0 Å². The minimum Gasteiger partial charge on any atom is -0.122 e. The molecule has 62 valence electrons. The summed E-state index contributed by atoms with van der Waals surface area (Å²) in [6, 6.07) is 0. The maximum atomic E-state index is 5.70. The molecule has 0 aliphatic heterocycles. The smallest absolute Gasteiger partial charge is 0.0433 e. The van der Waals surface area contributed by atoms with E-state index < -0.39 is 0 Å². The summed E-state index contributed by atoms with van der Waals surface area (Å²) in [5.41, 5.74) is 2.72. The van der Waals surface area contributed by atoms with E-state index in [1.807, 2.05) is 0 Å². The van der Waals surface area contributed by atoms with E-state index in [1.165, 1.54) is 24.0 Å². The van der Waals surface area contributed by atoms with Gasteiger partial charge in [-0.1, -0.05) is 23.8 Å². The molecule has 11 heavy (non-hydrogen) atoms. The second kappa shape index (κ2) is 3.96. The van der Waals surface area contributed by atoms with Crippen molar-refractivity contribution in [3.05, 3.63) is 23.8 Å². The molecule has 0 aromatic rings. The van der Waals surface area contributed by atoms with Crippen molar-refractivity contribution in [1.82, 2.24) is 0 Å². The lowest BCUT2D eigenvalue weighted by Gasteiger charge is -2.21. The zero-order chi connectivity index (χ0) is 8.27. The molecule has 0 spiro atoms. The van der Waals surface area contributed by atoms with Gasteiger partial charge in [-0.3, -0.25) is 0 Å². The van der Waals surface area contributed by atoms with Crippen LogP contribution in [0.4, 0.5) is 0 Å². The van der Waals surface area contributed by atoms with Crippen LogP contribution in [0.2, 0.25) is 0 Å². The lowest BCUT2D eigenvalue weighted by atomic mass is 9.86. The van der Waals surface area contributed by atoms with E-state index in [0.717, 1.165) is 6.42 Å². The Kier molecular flexibility index (Phi) is 3.19. The van der Waals surface area contributed by atoms with Gasteiger partial charge in [-0.05, 0) is 32.1 Å². The Morgan fingerprint density at radius 1 is 1.82 bits per heavy atom. The van der Waals surface area contributed by atoms with Gasteiger partial charge in [0.05, 0.1) is 0 Å². The zero-order valence-electron chi connectivity index (χ0n) is 7.07. The molecule has 0 N–H and O–H groups in total. The molecule has 0 heterocycles. The first kappa shape index (κ1) is 8.86. The summed E-state index contributed by atoms with van der Waals surface area (Å²) < 4.78 is 0. The van der Waals surface area contributed by atoms with Crippen LogP contribution in [0.3, 0.4) is 0 Å². The van der Waals surface area contributed by atoms with E-state index in [1.54, 1.807) is 0 Å². The molecule has 1 aliphatic rings. The lowest BCUT2D eigenvalue weighted by Crippen LogP contribution is -2.07. The average molecular weight is 171 g/mol. The van der Waals surface area contributed by atoms with Crippen molar-refractivity contribution in [2.45, 2.75) is 26.2 Å². The molecule has 1 rings (SSSR count). The summed E-state index contributed by atoms with van der Waals surface area (Å²) in [4.78, 5) is 0. The van der Waals surface area contributed by atoms with E-state index in [-0.39, 0.29) is 0 Å². The quantitative estimate of drug-likeness (QED) is 0.440. The molecule has 0 aromatic carbocycles. The predicted molar refractivity (Wildman–Crippen MR) is 51.0 cm³/mol. The molecule has 0 unspecified atom stereocenters. The molecule has 0 amide bonds.